The molecule has 1 aromatic heterocycles. The Bertz CT molecular complexity index is 742. The first-order chi connectivity index (χ1) is 11.6. The number of amides is 1. The second-order valence-corrected chi connectivity index (χ2v) is 7.10. The summed E-state index contributed by atoms with van der Waals surface area (Å²) < 4.78 is 10.7. The number of rotatable bonds is 6. The maximum Gasteiger partial charge on any atom is 0.222 e. The number of aryl methyl sites for hydroxylation is 1. The van der Waals surface area contributed by atoms with Crippen LogP contribution in [0.25, 0.3) is 11.3 Å². The van der Waals surface area contributed by atoms with E-state index in [9.17, 15) is 4.79 Å². The monoisotopic (exact) mass is 346 g/mol. The minimum atomic E-state index is 0.267. The highest BCUT2D eigenvalue weighted by Gasteiger charge is 2.20. The normalized spacial score (nSPS) is 14.3. The number of hydrogen-bond donors (Lipinski definition) is 0. The van der Waals surface area contributed by atoms with E-state index in [1.165, 1.54) is 4.88 Å². The van der Waals surface area contributed by atoms with Crippen LogP contribution in [0.1, 0.15) is 22.7 Å². The molecule has 0 unspecified atom stereocenters. The van der Waals surface area contributed by atoms with Gasteiger partial charge in [-0.1, -0.05) is 0 Å². The molecule has 1 fully saturated rings. The van der Waals surface area contributed by atoms with Gasteiger partial charge in [0, 0.05) is 36.4 Å². The van der Waals surface area contributed by atoms with Crippen molar-refractivity contribution < 1.29 is 14.3 Å². The first-order valence-corrected chi connectivity index (χ1v) is 8.90. The van der Waals surface area contributed by atoms with Crippen LogP contribution in [0.2, 0.25) is 0 Å². The molecule has 0 radical (unpaired) electrons. The van der Waals surface area contributed by atoms with Crippen LogP contribution in [0.3, 0.4) is 0 Å². The van der Waals surface area contributed by atoms with Crippen LogP contribution in [0.5, 0.6) is 11.5 Å². The van der Waals surface area contributed by atoms with E-state index >= 15 is 0 Å². The van der Waals surface area contributed by atoms with Crippen molar-refractivity contribution in [2.75, 3.05) is 27.3 Å². The molecule has 1 aliphatic heterocycles. The van der Waals surface area contributed by atoms with Gasteiger partial charge in [0.25, 0.3) is 0 Å². The molecule has 1 saturated heterocycles. The maximum absolute atomic E-state index is 11.7. The van der Waals surface area contributed by atoms with Gasteiger partial charge in [0.2, 0.25) is 5.91 Å². The second-order valence-electron chi connectivity index (χ2n) is 5.82. The largest absolute Gasteiger partial charge is 0.493 e. The average molecular weight is 346 g/mol. The van der Waals surface area contributed by atoms with E-state index in [1.807, 2.05) is 23.1 Å². The molecule has 0 spiro atoms. The van der Waals surface area contributed by atoms with E-state index in [4.69, 9.17) is 14.5 Å². The summed E-state index contributed by atoms with van der Waals surface area (Å²) in [6.45, 7) is 3.72. The lowest BCUT2D eigenvalue weighted by Gasteiger charge is -2.13. The van der Waals surface area contributed by atoms with E-state index in [2.05, 4.69) is 6.92 Å². The summed E-state index contributed by atoms with van der Waals surface area (Å²) in [6, 6.07) is 5.85. The summed E-state index contributed by atoms with van der Waals surface area (Å²) in [6.07, 6.45) is 2.48. The van der Waals surface area contributed by atoms with E-state index < -0.39 is 0 Å². The molecule has 1 aromatic carbocycles. The number of likely N-dealkylation sites (tertiary alicyclic amines) is 1. The van der Waals surface area contributed by atoms with E-state index in [0.29, 0.717) is 17.9 Å². The quantitative estimate of drug-likeness (QED) is 0.805. The van der Waals surface area contributed by atoms with Crippen LogP contribution >= 0.6 is 11.3 Å². The molecule has 1 amide bonds. The molecule has 0 aliphatic carbocycles. The Morgan fingerprint density at radius 2 is 2.04 bits per heavy atom. The van der Waals surface area contributed by atoms with Crippen LogP contribution in [0.4, 0.5) is 0 Å². The summed E-state index contributed by atoms with van der Waals surface area (Å²) in [4.78, 5) is 19.6. The number of methoxy groups -OCH3 is 2. The Balaban J connectivity index is 1.77. The minimum absolute atomic E-state index is 0.267. The number of hydrogen-bond acceptors (Lipinski definition) is 5. The summed E-state index contributed by atoms with van der Waals surface area (Å²) in [5.74, 6) is 1.68. The number of ether oxygens (including phenoxy) is 2. The third-order valence-electron chi connectivity index (χ3n) is 4.26. The number of carbonyl (C=O) groups excluding carboxylic acids is 1. The lowest BCUT2D eigenvalue weighted by Crippen LogP contribution is -2.26. The van der Waals surface area contributed by atoms with Crippen molar-refractivity contribution in [3.05, 3.63) is 28.1 Å². The highest BCUT2D eigenvalue weighted by molar-refractivity contribution is 7.12. The van der Waals surface area contributed by atoms with Crippen molar-refractivity contribution in [3.63, 3.8) is 0 Å². The van der Waals surface area contributed by atoms with Gasteiger partial charge in [-0.15, -0.1) is 11.3 Å². The third kappa shape index (κ3) is 3.38. The van der Waals surface area contributed by atoms with E-state index in [1.54, 1.807) is 25.6 Å². The lowest BCUT2D eigenvalue weighted by atomic mass is 10.1. The molecule has 0 atom stereocenters. The summed E-state index contributed by atoms with van der Waals surface area (Å²) in [5.41, 5.74) is 1.99. The van der Waals surface area contributed by atoms with Gasteiger partial charge in [0.05, 0.1) is 24.9 Å². The van der Waals surface area contributed by atoms with E-state index in [0.717, 1.165) is 42.2 Å². The molecule has 0 N–H and O–H groups in total. The smallest absolute Gasteiger partial charge is 0.222 e. The second kappa shape index (κ2) is 7.21. The zero-order valence-corrected chi connectivity index (χ0v) is 15.1. The van der Waals surface area contributed by atoms with Crippen molar-refractivity contribution in [2.45, 2.75) is 26.2 Å². The number of carbonyl (C=O) groups is 1. The molecule has 24 heavy (non-hydrogen) atoms. The van der Waals surface area contributed by atoms with Gasteiger partial charge in [-0.25, -0.2) is 4.98 Å². The Morgan fingerprint density at radius 1 is 1.25 bits per heavy atom. The van der Waals surface area contributed by atoms with Crippen molar-refractivity contribution >= 4 is 17.2 Å². The minimum Gasteiger partial charge on any atom is -0.493 e. The summed E-state index contributed by atoms with van der Waals surface area (Å²) in [5, 5.41) is 1.07. The first-order valence-electron chi connectivity index (χ1n) is 8.09. The Morgan fingerprint density at radius 3 is 2.71 bits per heavy atom. The van der Waals surface area contributed by atoms with Crippen molar-refractivity contribution in [1.82, 2.24) is 9.88 Å². The van der Waals surface area contributed by atoms with Gasteiger partial charge in [0.1, 0.15) is 0 Å². The maximum atomic E-state index is 11.7. The third-order valence-corrected chi connectivity index (χ3v) is 5.30. The highest BCUT2D eigenvalue weighted by Crippen LogP contribution is 2.34. The average Bonchev–Trinajstić information content (AvgIpc) is 3.17. The molecular weight excluding hydrogens is 324 g/mol. The number of aromatic nitrogens is 1. The van der Waals surface area contributed by atoms with Gasteiger partial charge in [-0.3, -0.25) is 4.79 Å². The topological polar surface area (TPSA) is 51.7 Å². The molecule has 6 heteroatoms. The predicted octanol–water partition coefficient (Wildman–Crippen LogP) is 3.30. The number of thiazole rings is 1. The molecule has 128 valence electrons. The first kappa shape index (κ1) is 16.8. The van der Waals surface area contributed by atoms with Crippen LogP contribution in [0, 0.1) is 6.92 Å². The fraction of sp³-hybridized carbons (Fsp3) is 0.444. The van der Waals surface area contributed by atoms with Gasteiger partial charge in [-0.05, 0) is 31.5 Å². The zero-order valence-electron chi connectivity index (χ0n) is 14.3. The van der Waals surface area contributed by atoms with Crippen molar-refractivity contribution in [1.29, 1.82) is 0 Å². The molecule has 5 nitrogen and oxygen atoms in total. The molecule has 2 heterocycles. The SMILES string of the molecule is COc1ccc(-c2nc(CCN3CCCC3=O)sc2C)cc1OC. The molecule has 3 rings (SSSR count). The van der Waals surface area contributed by atoms with E-state index in [-0.39, 0.29) is 5.91 Å². The fourth-order valence-corrected chi connectivity index (χ4v) is 3.92. The molecule has 2 aromatic rings. The van der Waals surface area contributed by atoms with Crippen LogP contribution in [-0.2, 0) is 11.2 Å². The fourth-order valence-electron chi connectivity index (χ4n) is 2.98. The molecule has 1 aliphatic rings. The number of nitrogens with zero attached hydrogens (tertiary/aromatic N) is 2. The van der Waals surface area contributed by atoms with Gasteiger partial charge in [-0.2, -0.15) is 0 Å². The Labute approximate surface area is 146 Å². The molecular formula is C18H22N2O3S. The number of benzene rings is 1. The van der Waals surface area contributed by atoms with Crippen LogP contribution in [-0.4, -0.2) is 43.1 Å². The molecule has 0 bridgehead atoms. The Kier molecular flexibility index (Phi) is 5.04. The summed E-state index contributed by atoms with van der Waals surface area (Å²) in [7, 11) is 3.26. The Hall–Kier alpha value is -2.08. The highest BCUT2D eigenvalue weighted by atomic mass is 32.1. The van der Waals surface area contributed by atoms with Crippen LogP contribution < -0.4 is 9.47 Å². The van der Waals surface area contributed by atoms with Gasteiger partial charge >= 0.3 is 0 Å². The van der Waals surface area contributed by atoms with Gasteiger partial charge in [0.15, 0.2) is 11.5 Å². The standard InChI is InChI=1S/C18H22N2O3S/c1-12-18(13-6-7-14(22-2)15(11-13)23-3)19-16(24-12)8-10-20-9-4-5-17(20)21/h6-7,11H,4-5,8-10H2,1-3H3. The van der Waals surface area contributed by atoms with Crippen LogP contribution in [0.15, 0.2) is 18.2 Å². The summed E-state index contributed by atoms with van der Waals surface area (Å²) >= 11 is 1.70. The van der Waals surface area contributed by atoms with Crippen molar-refractivity contribution in [2.24, 2.45) is 0 Å². The molecule has 0 saturated carbocycles. The van der Waals surface area contributed by atoms with Gasteiger partial charge < -0.3 is 14.4 Å². The predicted molar refractivity (Wildman–Crippen MR) is 94.9 cm³/mol. The zero-order chi connectivity index (χ0) is 17.1. The lowest BCUT2D eigenvalue weighted by molar-refractivity contribution is -0.127. The van der Waals surface area contributed by atoms with Crippen molar-refractivity contribution in [3.8, 4) is 22.8 Å².